The summed E-state index contributed by atoms with van der Waals surface area (Å²) in [6.07, 6.45) is 3.49. The Balaban J connectivity index is 3.17. The van der Waals surface area contributed by atoms with Crippen molar-refractivity contribution in [2.24, 2.45) is 5.92 Å². The van der Waals surface area contributed by atoms with Crippen molar-refractivity contribution in [1.29, 1.82) is 0 Å². The van der Waals surface area contributed by atoms with E-state index in [2.05, 4.69) is 13.8 Å². The van der Waals surface area contributed by atoms with Gasteiger partial charge in [0.2, 0.25) is 0 Å². The van der Waals surface area contributed by atoms with Crippen LogP contribution >= 0.6 is 0 Å². The Morgan fingerprint density at radius 1 is 0.963 bits per heavy atom. The Morgan fingerprint density at radius 3 is 2.04 bits per heavy atom. The molecule has 0 saturated carbocycles. The van der Waals surface area contributed by atoms with E-state index in [1.807, 2.05) is 0 Å². The highest BCUT2D eigenvalue weighted by Gasteiger charge is 2.21. The van der Waals surface area contributed by atoms with Crippen molar-refractivity contribution in [3.05, 3.63) is 29.3 Å². The number of rotatable bonds is 11. The van der Waals surface area contributed by atoms with Crippen molar-refractivity contribution in [2.75, 3.05) is 26.9 Å². The molecule has 1 aromatic carbocycles. The third-order valence-electron chi connectivity index (χ3n) is 4.12. The highest BCUT2D eigenvalue weighted by Crippen LogP contribution is 2.30. The molecule has 0 aliphatic rings. The summed E-state index contributed by atoms with van der Waals surface area (Å²) >= 11 is 0. The number of hydrogen-bond donors (Lipinski definition) is 0. The molecule has 6 heteroatoms. The topological polar surface area (TPSA) is 71.1 Å². The second-order valence-corrected chi connectivity index (χ2v) is 5.90. The molecule has 1 rings (SSSR count). The van der Waals surface area contributed by atoms with Gasteiger partial charge in [-0.15, -0.1) is 0 Å². The lowest BCUT2D eigenvalue weighted by molar-refractivity contribution is -0.146. The van der Waals surface area contributed by atoms with Crippen molar-refractivity contribution in [3.63, 3.8) is 0 Å². The van der Waals surface area contributed by atoms with E-state index in [4.69, 9.17) is 18.9 Å². The maximum Gasteiger partial charge on any atom is 0.345 e. The number of carbonyl (C=O) groups is 2. The molecule has 0 atom stereocenters. The lowest BCUT2D eigenvalue weighted by Crippen LogP contribution is -2.18. The molecule has 27 heavy (non-hydrogen) atoms. The molecule has 0 spiro atoms. The molecule has 0 aliphatic heterocycles. The summed E-state index contributed by atoms with van der Waals surface area (Å²) in [4.78, 5) is 24.2. The molecule has 0 N–H and O–H groups in total. The van der Waals surface area contributed by atoms with Crippen LogP contribution in [-0.2, 0) is 19.1 Å². The van der Waals surface area contributed by atoms with Crippen molar-refractivity contribution in [1.82, 2.24) is 0 Å². The van der Waals surface area contributed by atoms with Crippen molar-refractivity contribution < 1.29 is 28.5 Å². The maximum absolute atomic E-state index is 12.1. The van der Waals surface area contributed by atoms with Crippen LogP contribution in [0.15, 0.2) is 23.8 Å². The second-order valence-electron chi connectivity index (χ2n) is 5.90. The SMILES string of the molecule is CCOC(=O)C(=Cc1ccc(OC)c(OCC(CC)CC)c1)C(=O)OCC. The minimum atomic E-state index is -0.716. The Hall–Kier alpha value is -2.50. The van der Waals surface area contributed by atoms with Gasteiger partial charge in [0, 0.05) is 0 Å². The van der Waals surface area contributed by atoms with Crippen LogP contribution in [0.25, 0.3) is 6.08 Å². The maximum atomic E-state index is 12.1. The first-order chi connectivity index (χ1) is 13.0. The van der Waals surface area contributed by atoms with E-state index in [-0.39, 0.29) is 18.8 Å². The summed E-state index contributed by atoms with van der Waals surface area (Å²) in [5.74, 6) is 0.165. The number of ether oxygens (including phenoxy) is 4. The van der Waals surface area contributed by atoms with E-state index in [9.17, 15) is 9.59 Å². The van der Waals surface area contributed by atoms with Crippen molar-refractivity contribution in [2.45, 2.75) is 40.5 Å². The minimum Gasteiger partial charge on any atom is -0.493 e. The van der Waals surface area contributed by atoms with Gasteiger partial charge in [0.25, 0.3) is 0 Å². The van der Waals surface area contributed by atoms with Gasteiger partial charge < -0.3 is 18.9 Å². The molecule has 0 heterocycles. The first-order valence-electron chi connectivity index (χ1n) is 9.37. The molecule has 0 bridgehead atoms. The number of hydrogen-bond acceptors (Lipinski definition) is 6. The standard InChI is InChI=1S/C21H30O6/c1-6-15(7-2)14-27-19-13-16(10-11-18(19)24-5)12-17(20(22)25-8-3)21(23)26-9-4/h10-13,15H,6-9,14H2,1-5H3. The average Bonchev–Trinajstić information content (AvgIpc) is 2.67. The Kier molecular flexibility index (Phi) is 10.0. The van der Waals surface area contributed by atoms with E-state index in [1.54, 1.807) is 39.2 Å². The average molecular weight is 378 g/mol. The van der Waals surface area contributed by atoms with E-state index in [1.165, 1.54) is 6.08 Å². The molecule has 0 radical (unpaired) electrons. The zero-order valence-electron chi connectivity index (χ0n) is 16.9. The fourth-order valence-electron chi connectivity index (χ4n) is 2.41. The van der Waals surface area contributed by atoms with Crippen LogP contribution in [0.2, 0.25) is 0 Å². The quantitative estimate of drug-likeness (QED) is 0.251. The van der Waals surface area contributed by atoms with Gasteiger partial charge in [-0.25, -0.2) is 9.59 Å². The van der Waals surface area contributed by atoms with E-state index < -0.39 is 11.9 Å². The second kappa shape index (κ2) is 12.0. The smallest absolute Gasteiger partial charge is 0.345 e. The minimum absolute atomic E-state index is 0.158. The van der Waals surface area contributed by atoms with Gasteiger partial charge >= 0.3 is 11.9 Å². The van der Waals surface area contributed by atoms with Crippen LogP contribution in [0, 0.1) is 5.92 Å². The van der Waals surface area contributed by atoms with Crippen molar-refractivity contribution in [3.8, 4) is 11.5 Å². The zero-order chi connectivity index (χ0) is 20.2. The van der Waals surface area contributed by atoms with Gasteiger partial charge in [-0.05, 0) is 43.5 Å². The molecular weight excluding hydrogens is 348 g/mol. The summed E-state index contributed by atoms with van der Waals surface area (Å²) in [5, 5.41) is 0. The monoisotopic (exact) mass is 378 g/mol. The third kappa shape index (κ3) is 6.96. The molecule has 0 aromatic heterocycles. The number of methoxy groups -OCH3 is 1. The highest BCUT2D eigenvalue weighted by molar-refractivity contribution is 6.17. The van der Waals surface area contributed by atoms with Crippen LogP contribution in [0.5, 0.6) is 11.5 Å². The largest absolute Gasteiger partial charge is 0.493 e. The molecule has 1 aromatic rings. The lowest BCUT2D eigenvalue weighted by atomic mass is 10.1. The van der Waals surface area contributed by atoms with Gasteiger partial charge in [0.1, 0.15) is 5.57 Å². The van der Waals surface area contributed by atoms with Crippen LogP contribution in [0.1, 0.15) is 46.1 Å². The molecule has 150 valence electrons. The van der Waals surface area contributed by atoms with Crippen LogP contribution in [0.3, 0.4) is 0 Å². The first-order valence-corrected chi connectivity index (χ1v) is 9.37. The summed E-state index contributed by atoms with van der Waals surface area (Å²) < 4.78 is 21.2. The molecule has 0 amide bonds. The van der Waals surface area contributed by atoms with E-state index >= 15 is 0 Å². The Bertz CT molecular complexity index is 626. The molecule has 0 unspecified atom stereocenters. The van der Waals surface area contributed by atoms with E-state index in [0.717, 1.165) is 12.8 Å². The van der Waals surface area contributed by atoms with Gasteiger partial charge in [-0.2, -0.15) is 0 Å². The number of benzene rings is 1. The predicted molar refractivity (Wildman–Crippen MR) is 104 cm³/mol. The number of esters is 2. The highest BCUT2D eigenvalue weighted by atomic mass is 16.6. The van der Waals surface area contributed by atoms with Crippen molar-refractivity contribution >= 4 is 18.0 Å². The van der Waals surface area contributed by atoms with E-state index in [0.29, 0.717) is 29.6 Å². The predicted octanol–water partition coefficient (Wildman–Crippen LogP) is 4.02. The lowest BCUT2D eigenvalue weighted by Gasteiger charge is -2.16. The normalized spacial score (nSPS) is 10.3. The van der Waals surface area contributed by atoms with Gasteiger partial charge in [0.05, 0.1) is 26.9 Å². The fraction of sp³-hybridized carbons (Fsp3) is 0.524. The summed E-state index contributed by atoms with van der Waals surface area (Å²) in [5.41, 5.74) is 0.460. The fourth-order valence-corrected chi connectivity index (χ4v) is 2.41. The summed E-state index contributed by atoms with van der Waals surface area (Å²) in [7, 11) is 1.57. The van der Waals surface area contributed by atoms with Gasteiger partial charge in [-0.1, -0.05) is 32.8 Å². The first kappa shape index (κ1) is 22.5. The summed E-state index contributed by atoms with van der Waals surface area (Å²) in [6, 6.07) is 5.21. The summed E-state index contributed by atoms with van der Waals surface area (Å²) in [6.45, 7) is 8.51. The van der Waals surface area contributed by atoms with Crippen LogP contribution in [0.4, 0.5) is 0 Å². The van der Waals surface area contributed by atoms with Crippen LogP contribution in [-0.4, -0.2) is 38.9 Å². The van der Waals surface area contributed by atoms with Gasteiger partial charge in [0.15, 0.2) is 11.5 Å². The Labute approximate surface area is 161 Å². The molecule has 6 nitrogen and oxygen atoms in total. The molecule has 0 aliphatic carbocycles. The number of carbonyl (C=O) groups excluding carboxylic acids is 2. The zero-order valence-corrected chi connectivity index (χ0v) is 16.9. The Morgan fingerprint density at radius 2 is 1.56 bits per heavy atom. The molecular formula is C21H30O6. The molecule has 0 saturated heterocycles. The van der Waals surface area contributed by atoms with Gasteiger partial charge in [-0.3, -0.25) is 0 Å². The molecule has 0 fully saturated rings. The van der Waals surface area contributed by atoms with Crippen LogP contribution < -0.4 is 9.47 Å². The third-order valence-corrected chi connectivity index (χ3v) is 4.12.